The third-order valence-corrected chi connectivity index (χ3v) is 6.42. The van der Waals surface area contributed by atoms with Crippen LogP contribution in [0.15, 0.2) is 78.0 Å². The summed E-state index contributed by atoms with van der Waals surface area (Å²) < 4.78 is 28.5. The van der Waals surface area contributed by atoms with E-state index in [2.05, 4.69) is 10.1 Å². The lowest BCUT2D eigenvalue weighted by Gasteiger charge is -2.35. The van der Waals surface area contributed by atoms with Gasteiger partial charge < -0.3 is 5.73 Å². The predicted octanol–water partition coefficient (Wildman–Crippen LogP) is 4.50. The number of carbonyl (C=O) groups is 1. The lowest BCUT2D eigenvalue weighted by atomic mass is 10.00. The van der Waals surface area contributed by atoms with Crippen molar-refractivity contribution in [3.63, 3.8) is 0 Å². The van der Waals surface area contributed by atoms with Gasteiger partial charge in [-0.25, -0.2) is 13.8 Å². The molecular weight excluding hydrogens is 418 g/mol. The summed E-state index contributed by atoms with van der Waals surface area (Å²) in [5.41, 5.74) is 6.83. The Bertz CT molecular complexity index is 1110. The van der Waals surface area contributed by atoms with Gasteiger partial charge in [-0.3, -0.25) is 9.78 Å². The number of carbonyl (C=O) groups excluding carboxylic acids is 1. The Morgan fingerprint density at radius 2 is 1.84 bits per heavy atom. The van der Waals surface area contributed by atoms with Crippen LogP contribution >= 0.6 is 11.8 Å². The molecule has 1 atom stereocenters. The fraction of sp³-hybridized carbons (Fsp3) is 0.174. The van der Waals surface area contributed by atoms with Gasteiger partial charge in [0.1, 0.15) is 27.2 Å². The highest BCUT2D eigenvalue weighted by Gasteiger charge is 2.49. The zero-order valence-corrected chi connectivity index (χ0v) is 17.4. The zero-order valence-electron chi connectivity index (χ0n) is 16.5. The molecule has 2 aromatic carbocycles. The number of hydrazone groups is 1. The van der Waals surface area contributed by atoms with E-state index in [1.807, 2.05) is 30.3 Å². The summed E-state index contributed by atoms with van der Waals surface area (Å²) in [7, 11) is 0. The van der Waals surface area contributed by atoms with Crippen LogP contribution in [0.4, 0.5) is 8.78 Å². The molecule has 1 amide bonds. The molecule has 8 heteroatoms. The van der Waals surface area contributed by atoms with Crippen LogP contribution in [0.1, 0.15) is 34.5 Å². The van der Waals surface area contributed by atoms with Crippen LogP contribution in [-0.4, -0.2) is 27.5 Å². The number of amides is 1. The molecule has 0 aliphatic carbocycles. The molecule has 1 unspecified atom stereocenters. The van der Waals surface area contributed by atoms with Gasteiger partial charge in [0.05, 0.1) is 0 Å². The molecule has 4 rings (SSSR count). The van der Waals surface area contributed by atoms with Crippen molar-refractivity contribution in [3.8, 4) is 0 Å². The van der Waals surface area contributed by atoms with Crippen molar-refractivity contribution >= 4 is 22.7 Å². The molecule has 0 bridgehead atoms. The number of halogens is 2. The number of aromatic nitrogens is 1. The minimum atomic E-state index is -0.969. The number of hydrogen-bond acceptors (Lipinski definition) is 5. The second-order valence-corrected chi connectivity index (χ2v) is 8.27. The number of nitrogens with zero attached hydrogens (tertiary/aromatic N) is 3. The zero-order chi connectivity index (χ0) is 21.8. The molecule has 31 heavy (non-hydrogen) atoms. The fourth-order valence-electron chi connectivity index (χ4n) is 3.50. The second kappa shape index (κ2) is 8.95. The molecule has 0 spiro atoms. The average molecular weight is 439 g/mol. The average Bonchev–Trinajstić information content (AvgIpc) is 3.20. The van der Waals surface area contributed by atoms with E-state index in [-0.39, 0.29) is 16.3 Å². The number of thioether (sulfide) groups is 1. The number of nitrogens with two attached hydrogens (primary N) is 1. The maximum Gasteiger partial charge on any atom is 0.294 e. The second-order valence-electron chi connectivity index (χ2n) is 7.01. The van der Waals surface area contributed by atoms with E-state index in [1.54, 1.807) is 18.2 Å². The van der Waals surface area contributed by atoms with Gasteiger partial charge in [-0.05, 0) is 55.3 Å². The van der Waals surface area contributed by atoms with Crippen molar-refractivity contribution in [1.29, 1.82) is 0 Å². The quantitative estimate of drug-likeness (QED) is 0.615. The maximum atomic E-state index is 14.6. The molecule has 1 aliphatic heterocycles. The Labute approximate surface area is 183 Å². The van der Waals surface area contributed by atoms with Gasteiger partial charge in [-0.2, -0.15) is 5.10 Å². The largest absolute Gasteiger partial charge is 0.330 e. The van der Waals surface area contributed by atoms with Crippen molar-refractivity contribution in [2.75, 3.05) is 6.54 Å². The Morgan fingerprint density at radius 3 is 2.55 bits per heavy atom. The Hall–Kier alpha value is -3.10. The SMILES string of the molecule is NCCCC1(c2ccccc2)SC(c2cc(F)ccc2F)=NN1C(=O)c1ccccn1. The Morgan fingerprint density at radius 1 is 1.06 bits per heavy atom. The summed E-state index contributed by atoms with van der Waals surface area (Å²) >= 11 is 1.22. The Balaban J connectivity index is 1.87. The summed E-state index contributed by atoms with van der Waals surface area (Å²) in [5.74, 6) is -1.62. The number of hydrogen-bond donors (Lipinski definition) is 1. The Kier molecular flexibility index (Phi) is 6.11. The van der Waals surface area contributed by atoms with E-state index in [9.17, 15) is 13.6 Å². The summed E-state index contributed by atoms with van der Waals surface area (Å²) in [6, 6.07) is 17.6. The first-order valence-corrected chi connectivity index (χ1v) is 10.6. The van der Waals surface area contributed by atoms with Gasteiger partial charge in [-0.1, -0.05) is 48.2 Å². The van der Waals surface area contributed by atoms with Crippen LogP contribution < -0.4 is 5.73 Å². The van der Waals surface area contributed by atoms with Crippen molar-refractivity contribution in [3.05, 3.63) is 101 Å². The molecule has 0 fully saturated rings. The molecular formula is C23H20F2N4OS. The first kappa shape index (κ1) is 21.1. The highest BCUT2D eigenvalue weighted by atomic mass is 32.2. The summed E-state index contributed by atoms with van der Waals surface area (Å²) in [5, 5.41) is 6.06. The molecule has 1 aliphatic rings. The summed E-state index contributed by atoms with van der Waals surface area (Å²) in [4.78, 5) is 16.7. The topological polar surface area (TPSA) is 71.6 Å². The van der Waals surface area contributed by atoms with E-state index in [1.165, 1.54) is 23.0 Å². The fourth-order valence-corrected chi connectivity index (χ4v) is 4.91. The molecule has 158 valence electrons. The molecule has 1 aromatic heterocycles. The first-order chi connectivity index (χ1) is 15.0. The number of pyridine rings is 1. The van der Waals surface area contributed by atoms with Crippen LogP contribution in [-0.2, 0) is 4.87 Å². The van der Waals surface area contributed by atoms with Crippen LogP contribution in [0.5, 0.6) is 0 Å². The third-order valence-electron chi connectivity index (χ3n) is 4.98. The van der Waals surface area contributed by atoms with E-state index >= 15 is 0 Å². The van der Waals surface area contributed by atoms with Gasteiger partial charge in [-0.15, -0.1) is 0 Å². The molecule has 2 N–H and O–H groups in total. The van der Waals surface area contributed by atoms with Crippen molar-refractivity contribution in [2.45, 2.75) is 17.7 Å². The van der Waals surface area contributed by atoms with E-state index < -0.39 is 22.4 Å². The maximum absolute atomic E-state index is 14.6. The van der Waals surface area contributed by atoms with Crippen molar-refractivity contribution in [2.24, 2.45) is 10.8 Å². The minimum Gasteiger partial charge on any atom is -0.330 e. The monoisotopic (exact) mass is 438 g/mol. The van der Waals surface area contributed by atoms with E-state index in [0.717, 1.165) is 23.8 Å². The molecule has 0 saturated carbocycles. The first-order valence-electron chi connectivity index (χ1n) is 9.79. The lowest BCUT2D eigenvalue weighted by molar-refractivity contribution is 0.0632. The van der Waals surface area contributed by atoms with Crippen LogP contribution in [0.3, 0.4) is 0 Å². The molecule has 3 aromatic rings. The number of rotatable bonds is 6. The van der Waals surface area contributed by atoms with Crippen LogP contribution in [0, 0.1) is 11.6 Å². The summed E-state index contributed by atoms with van der Waals surface area (Å²) in [6.07, 6.45) is 2.60. The van der Waals surface area contributed by atoms with Gasteiger partial charge in [0, 0.05) is 11.8 Å². The van der Waals surface area contributed by atoms with Gasteiger partial charge in [0.2, 0.25) is 0 Å². The smallest absolute Gasteiger partial charge is 0.294 e. The standard InChI is InChI=1S/C23H20F2N4OS/c24-17-10-11-19(25)18(15-17)21-28-29(22(30)20-9-4-5-14-27-20)23(31-21,12-6-13-26)16-7-2-1-3-8-16/h1-5,7-11,14-15H,6,12-13,26H2. The molecule has 0 saturated heterocycles. The molecule has 2 heterocycles. The van der Waals surface area contributed by atoms with Gasteiger partial charge in [0.25, 0.3) is 5.91 Å². The van der Waals surface area contributed by atoms with Crippen molar-refractivity contribution in [1.82, 2.24) is 9.99 Å². The van der Waals surface area contributed by atoms with E-state index in [0.29, 0.717) is 19.4 Å². The minimum absolute atomic E-state index is 0.00868. The van der Waals surface area contributed by atoms with Crippen LogP contribution in [0.25, 0.3) is 0 Å². The van der Waals surface area contributed by atoms with Crippen molar-refractivity contribution < 1.29 is 13.6 Å². The van der Waals surface area contributed by atoms with E-state index in [4.69, 9.17) is 5.73 Å². The summed E-state index contributed by atoms with van der Waals surface area (Å²) in [6.45, 7) is 0.407. The highest BCUT2D eigenvalue weighted by Crippen LogP contribution is 2.51. The van der Waals surface area contributed by atoms with Gasteiger partial charge in [0.15, 0.2) is 0 Å². The predicted molar refractivity (Wildman–Crippen MR) is 117 cm³/mol. The van der Waals surface area contributed by atoms with Crippen LogP contribution in [0.2, 0.25) is 0 Å². The molecule has 0 radical (unpaired) electrons. The van der Waals surface area contributed by atoms with Gasteiger partial charge >= 0.3 is 0 Å². The highest BCUT2D eigenvalue weighted by molar-refractivity contribution is 8.15. The normalized spacial score (nSPS) is 18.2. The third kappa shape index (κ3) is 4.08. The lowest BCUT2D eigenvalue weighted by Crippen LogP contribution is -2.42. The number of benzene rings is 2. The molecule has 5 nitrogen and oxygen atoms in total.